The molecule has 1 fully saturated rings. The molecule has 2 rings (SSSR count). The normalized spacial score (nSPS) is 15.2. The summed E-state index contributed by atoms with van der Waals surface area (Å²) in [6.07, 6.45) is 1.46. The minimum Gasteiger partial charge on any atom is -0.465 e. The van der Waals surface area contributed by atoms with Gasteiger partial charge >= 0.3 is 11.9 Å². The van der Waals surface area contributed by atoms with Crippen LogP contribution in [0.5, 0.6) is 0 Å². The van der Waals surface area contributed by atoms with Crippen molar-refractivity contribution in [3.63, 3.8) is 0 Å². The highest BCUT2D eigenvalue weighted by molar-refractivity contribution is 6.02. The lowest BCUT2D eigenvalue weighted by Gasteiger charge is -2.36. The molecule has 0 bridgehead atoms. The molecule has 1 aliphatic carbocycles. The van der Waals surface area contributed by atoms with Crippen molar-refractivity contribution < 1.29 is 28.2 Å². The van der Waals surface area contributed by atoms with Crippen molar-refractivity contribution in [3.05, 3.63) is 30.1 Å². The van der Waals surface area contributed by atoms with Crippen molar-refractivity contribution in [2.45, 2.75) is 26.2 Å². The standard InChI is InChI=1S/C16H18FNO5/c1-2-22-14(20)16(8-3-9-16)15(21)23-10-13(19)18-12-6-4-11(17)5-7-12/h4-7H,2-3,8-10H2,1H3,(H,18,19). The number of rotatable bonds is 6. The Morgan fingerprint density at radius 1 is 1.13 bits per heavy atom. The van der Waals surface area contributed by atoms with Crippen LogP contribution >= 0.6 is 0 Å². The molecule has 1 amide bonds. The molecule has 7 heteroatoms. The maximum Gasteiger partial charge on any atom is 0.323 e. The fourth-order valence-corrected chi connectivity index (χ4v) is 2.29. The Morgan fingerprint density at radius 3 is 2.26 bits per heavy atom. The molecule has 0 saturated heterocycles. The van der Waals surface area contributed by atoms with E-state index in [1.54, 1.807) is 6.92 Å². The molecule has 0 aromatic heterocycles. The number of benzene rings is 1. The quantitative estimate of drug-likeness (QED) is 0.640. The van der Waals surface area contributed by atoms with Gasteiger partial charge in [0.15, 0.2) is 12.0 Å². The van der Waals surface area contributed by atoms with E-state index in [1.807, 2.05) is 0 Å². The second-order valence-corrected chi connectivity index (χ2v) is 5.29. The molecule has 0 spiro atoms. The van der Waals surface area contributed by atoms with Gasteiger partial charge in [-0.3, -0.25) is 14.4 Å². The summed E-state index contributed by atoms with van der Waals surface area (Å²) in [6, 6.07) is 5.18. The zero-order valence-corrected chi connectivity index (χ0v) is 12.8. The van der Waals surface area contributed by atoms with E-state index in [4.69, 9.17) is 9.47 Å². The lowest BCUT2D eigenvalue weighted by Crippen LogP contribution is -2.47. The SMILES string of the molecule is CCOC(=O)C1(C(=O)OCC(=O)Nc2ccc(F)cc2)CCC1. The first-order valence-electron chi connectivity index (χ1n) is 7.38. The predicted octanol–water partition coefficient (Wildman–Crippen LogP) is 2.04. The Labute approximate surface area is 133 Å². The monoisotopic (exact) mass is 323 g/mol. The number of amides is 1. The number of hydrogen-bond acceptors (Lipinski definition) is 5. The molecule has 1 saturated carbocycles. The van der Waals surface area contributed by atoms with Gasteiger partial charge in [0.2, 0.25) is 0 Å². The highest BCUT2D eigenvalue weighted by Crippen LogP contribution is 2.43. The van der Waals surface area contributed by atoms with Crippen LogP contribution in [0.15, 0.2) is 24.3 Å². The highest BCUT2D eigenvalue weighted by atomic mass is 19.1. The largest absolute Gasteiger partial charge is 0.465 e. The molecule has 0 atom stereocenters. The van der Waals surface area contributed by atoms with Gasteiger partial charge in [-0.25, -0.2) is 4.39 Å². The number of anilines is 1. The van der Waals surface area contributed by atoms with Crippen molar-refractivity contribution in [2.75, 3.05) is 18.5 Å². The van der Waals surface area contributed by atoms with Crippen molar-refractivity contribution in [3.8, 4) is 0 Å². The molecule has 6 nitrogen and oxygen atoms in total. The van der Waals surface area contributed by atoms with Crippen LogP contribution in [0, 0.1) is 11.2 Å². The van der Waals surface area contributed by atoms with Crippen LogP contribution in [0.2, 0.25) is 0 Å². The molecule has 23 heavy (non-hydrogen) atoms. The van der Waals surface area contributed by atoms with Crippen molar-refractivity contribution in [2.24, 2.45) is 5.41 Å². The number of halogens is 1. The summed E-state index contributed by atoms with van der Waals surface area (Å²) in [5, 5.41) is 2.47. The minimum atomic E-state index is -1.27. The third kappa shape index (κ3) is 3.85. The van der Waals surface area contributed by atoms with Crippen LogP contribution in [0.25, 0.3) is 0 Å². The fourth-order valence-electron chi connectivity index (χ4n) is 2.29. The summed E-state index contributed by atoms with van der Waals surface area (Å²) >= 11 is 0. The summed E-state index contributed by atoms with van der Waals surface area (Å²) in [5.41, 5.74) is -0.886. The Morgan fingerprint density at radius 2 is 1.74 bits per heavy atom. The van der Waals surface area contributed by atoms with Gasteiger partial charge in [0.25, 0.3) is 5.91 Å². The molecular weight excluding hydrogens is 305 g/mol. The van der Waals surface area contributed by atoms with Crippen LogP contribution in [0.3, 0.4) is 0 Å². The van der Waals surface area contributed by atoms with Crippen LogP contribution in [0.1, 0.15) is 26.2 Å². The zero-order valence-electron chi connectivity index (χ0n) is 12.8. The van der Waals surface area contributed by atoms with Crippen LogP contribution in [0.4, 0.5) is 10.1 Å². The summed E-state index contributed by atoms with van der Waals surface area (Å²) in [7, 11) is 0. The highest BCUT2D eigenvalue weighted by Gasteiger charge is 2.53. The lowest BCUT2D eigenvalue weighted by atomic mass is 9.69. The maximum atomic E-state index is 12.8. The Bertz CT molecular complexity index is 595. The average Bonchev–Trinajstić information content (AvgIpc) is 2.47. The van der Waals surface area contributed by atoms with E-state index in [0.29, 0.717) is 18.5 Å². The van der Waals surface area contributed by atoms with Crippen LogP contribution < -0.4 is 5.32 Å². The van der Waals surface area contributed by atoms with Crippen molar-refractivity contribution in [1.82, 2.24) is 0 Å². The molecule has 124 valence electrons. The van der Waals surface area contributed by atoms with Crippen molar-refractivity contribution >= 4 is 23.5 Å². The van der Waals surface area contributed by atoms with E-state index in [-0.39, 0.29) is 6.61 Å². The first-order valence-corrected chi connectivity index (χ1v) is 7.38. The molecule has 1 aliphatic rings. The van der Waals surface area contributed by atoms with Crippen LogP contribution in [-0.4, -0.2) is 31.1 Å². The zero-order chi connectivity index (χ0) is 16.9. The van der Waals surface area contributed by atoms with E-state index in [2.05, 4.69) is 5.32 Å². The summed E-state index contributed by atoms with van der Waals surface area (Å²) in [4.78, 5) is 35.7. The molecule has 0 radical (unpaired) electrons. The van der Waals surface area contributed by atoms with Crippen molar-refractivity contribution in [1.29, 1.82) is 0 Å². The topological polar surface area (TPSA) is 81.7 Å². The second-order valence-electron chi connectivity index (χ2n) is 5.29. The number of hydrogen-bond donors (Lipinski definition) is 1. The van der Waals surface area contributed by atoms with E-state index < -0.39 is 35.7 Å². The van der Waals surface area contributed by atoms with Gasteiger partial charge in [0.1, 0.15) is 5.82 Å². The van der Waals surface area contributed by atoms with E-state index >= 15 is 0 Å². The van der Waals surface area contributed by atoms with Crippen LogP contribution in [-0.2, 0) is 23.9 Å². The number of esters is 2. The van der Waals surface area contributed by atoms with Gasteiger partial charge in [-0.05, 0) is 50.5 Å². The maximum absolute atomic E-state index is 12.8. The summed E-state index contributed by atoms with van der Waals surface area (Å²) in [5.74, 6) is -2.33. The Kier molecular flexibility index (Phi) is 5.31. The van der Waals surface area contributed by atoms with Gasteiger partial charge in [-0.2, -0.15) is 0 Å². The van der Waals surface area contributed by atoms with E-state index in [9.17, 15) is 18.8 Å². The third-order valence-corrected chi connectivity index (χ3v) is 3.73. The fraction of sp³-hybridized carbons (Fsp3) is 0.438. The molecule has 1 aromatic rings. The van der Waals surface area contributed by atoms with Gasteiger partial charge in [0.05, 0.1) is 6.61 Å². The third-order valence-electron chi connectivity index (χ3n) is 3.73. The Balaban J connectivity index is 1.86. The molecule has 1 N–H and O–H groups in total. The molecule has 0 heterocycles. The average molecular weight is 323 g/mol. The lowest BCUT2D eigenvalue weighted by molar-refractivity contribution is -0.180. The van der Waals surface area contributed by atoms with Gasteiger partial charge in [0, 0.05) is 5.69 Å². The smallest absolute Gasteiger partial charge is 0.323 e. The second kappa shape index (κ2) is 7.21. The molecule has 0 aliphatic heterocycles. The number of carbonyl (C=O) groups excluding carboxylic acids is 3. The van der Waals surface area contributed by atoms with E-state index in [0.717, 1.165) is 6.42 Å². The minimum absolute atomic E-state index is 0.179. The van der Waals surface area contributed by atoms with Gasteiger partial charge < -0.3 is 14.8 Å². The molecule has 0 unspecified atom stereocenters. The Hall–Kier alpha value is -2.44. The molecular formula is C16H18FNO5. The van der Waals surface area contributed by atoms with Gasteiger partial charge in [-0.1, -0.05) is 0 Å². The first kappa shape index (κ1) is 16.9. The van der Waals surface area contributed by atoms with Gasteiger partial charge in [-0.15, -0.1) is 0 Å². The first-order chi connectivity index (χ1) is 11.0. The predicted molar refractivity (Wildman–Crippen MR) is 78.9 cm³/mol. The summed E-state index contributed by atoms with van der Waals surface area (Å²) in [6.45, 7) is 1.32. The number of ether oxygens (including phenoxy) is 2. The number of nitrogens with one attached hydrogen (secondary N) is 1. The summed E-state index contributed by atoms with van der Waals surface area (Å²) < 4.78 is 22.6. The molecule has 1 aromatic carbocycles. The number of carbonyl (C=O) groups is 3. The van der Waals surface area contributed by atoms with E-state index in [1.165, 1.54) is 24.3 Å².